The van der Waals surface area contributed by atoms with Gasteiger partial charge < -0.3 is 16.2 Å². The first-order valence-electron chi connectivity index (χ1n) is 11.4. The van der Waals surface area contributed by atoms with Gasteiger partial charge in [0.15, 0.2) is 0 Å². The summed E-state index contributed by atoms with van der Waals surface area (Å²) < 4.78 is 6.59. The zero-order valence-electron chi connectivity index (χ0n) is 18.8. The highest BCUT2D eigenvalue weighted by atomic mass is 16.5. The maximum absolute atomic E-state index is 9.18. The fraction of sp³-hybridized carbons (Fsp3) is 0.560. The van der Waals surface area contributed by atoms with Gasteiger partial charge in [-0.25, -0.2) is 9.97 Å². The van der Waals surface area contributed by atoms with Crippen LogP contribution in [0.3, 0.4) is 0 Å². The predicted molar refractivity (Wildman–Crippen MR) is 123 cm³/mol. The van der Waals surface area contributed by atoms with E-state index in [1.807, 2.05) is 0 Å². The monoisotopic (exact) mass is 419 g/mol. The highest BCUT2D eigenvalue weighted by molar-refractivity contribution is 5.77. The van der Waals surface area contributed by atoms with Crippen LogP contribution >= 0.6 is 0 Å². The molecule has 6 heteroatoms. The van der Waals surface area contributed by atoms with Crippen molar-refractivity contribution < 1.29 is 4.74 Å². The minimum Gasteiger partial charge on any atom is -0.490 e. The van der Waals surface area contributed by atoms with E-state index in [0.717, 1.165) is 61.1 Å². The summed E-state index contributed by atoms with van der Waals surface area (Å²) in [7, 11) is 0. The van der Waals surface area contributed by atoms with Crippen molar-refractivity contribution >= 4 is 5.82 Å². The van der Waals surface area contributed by atoms with Crippen molar-refractivity contribution in [1.29, 1.82) is 5.26 Å². The summed E-state index contributed by atoms with van der Waals surface area (Å²) in [6.45, 7) is 6.61. The lowest BCUT2D eigenvalue weighted by molar-refractivity contribution is 0.145. The van der Waals surface area contributed by atoms with E-state index in [1.54, 1.807) is 6.33 Å². The molecule has 1 aromatic heterocycles. The molecule has 0 bridgehead atoms. The number of nitrogens with zero attached hydrogens (tertiary/aromatic N) is 3. The van der Waals surface area contributed by atoms with E-state index in [9.17, 15) is 5.26 Å². The summed E-state index contributed by atoms with van der Waals surface area (Å²) in [6.07, 6.45) is 7.90. The molecular formula is C25H33N5O. The van der Waals surface area contributed by atoms with E-state index >= 15 is 0 Å². The van der Waals surface area contributed by atoms with Crippen LogP contribution in [-0.4, -0.2) is 22.1 Å². The van der Waals surface area contributed by atoms with Crippen LogP contribution < -0.4 is 16.2 Å². The van der Waals surface area contributed by atoms with Crippen LogP contribution in [0.4, 0.5) is 5.82 Å². The largest absolute Gasteiger partial charge is 0.490 e. The lowest BCUT2D eigenvalue weighted by atomic mass is 9.69. The van der Waals surface area contributed by atoms with Gasteiger partial charge in [0.05, 0.1) is 17.9 Å². The van der Waals surface area contributed by atoms with Gasteiger partial charge in [0.2, 0.25) is 0 Å². The average Bonchev–Trinajstić information content (AvgIpc) is 2.73. The number of ether oxygens (including phenoxy) is 1. The second kappa shape index (κ2) is 8.47. The molecule has 0 saturated heterocycles. The molecule has 4 N–H and O–H groups in total. The quantitative estimate of drug-likeness (QED) is 0.732. The van der Waals surface area contributed by atoms with Crippen LogP contribution in [0.1, 0.15) is 81.9 Å². The Bertz CT molecular complexity index is 1000. The van der Waals surface area contributed by atoms with E-state index < -0.39 is 0 Å². The summed E-state index contributed by atoms with van der Waals surface area (Å²) in [6, 6.07) is 6.81. The minimum atomic E-state index is -0.187. The third kappa shape index (κ3) is 4.12. The van der Waals surface area contributed by atoms with E-state index in [0.29, 0.717) is 18.3 Å². The molecule has 2 aromatic rings. The Labute approximate surface area is 185 Å². The van der Waals surface area contributed by atoms with Gasteiger partial charge in [0.25, 0.3) is 0 Å². The van der Waals surface area contributed by atoms with Crippen molar-refractivity contribution in [2.45, 2.75) is 89.2 Å². The van der Waals surface area contributed by atoms with Gasteiger partial charge >= 0.3 is 0 Å². The van der Waals surface area contributed by atoms with Crippen LogP contribution in [-0.2, 0) is 11.8 Å². The maximum Gasteiger partial charge on any atom is 0.131 e. The summed E-state index contributed by atoms with van der Waals surface area (Å²) in [5.41, 5.74) is 17.7. The van der Waals surface area contributed by atoms with Gasteiger partial charge in [0.1, 0.15) is 17.9 Å². The molecule has 1 heterocycles. The number of aromatic nitrogens is 2. The van der Waals surface area contributed by atoms with Crippen LogP contribution in [0.5, 0.6) is 5.75 Å². The van der Waals surface area contributed by atoms with Crippen LogP contribution in [0.25, 0.3) is 11.3 Å². The third-order valence-electron chi connectivity index (χ3n) is 6.94. The molecular weight excluding hydrogens is 386 g/mol. The number of rotatable bonds is 5. The number of nitriles is 1. The van der Waals surface area contributed by atoms with E-state index in [1.165, 1.54) is 11.1 Å². The molecule has 1 aromatic carbocycles. The average molecular weight is 420 g/mol. The maximum atomic E-state index is 9.18. The van der Waals surface area contributed by atoms with Crippen molar-refractivity contribution in [3.8, 4) is 23.1 Å². The molecule has 1 fully saturated rings. The topological polar surface area (TPSA) is 111 Å². The summed E-state index contributed by atoms with van der Waals surface area (Å²) >= 11 is 0. The Kier molecular flexibility index (Phi) is 5.90. The Morgan fingerprint density at radius 3 is 2.68 bits per heavy atom. The number of nitrogen functional groups attached to an aromatic ring is 1. The molecule has 2 aliphatic carbocycles. The Morgan fingerprint density at radius 2 is 1.97 bits per heavy atom. The van der Waals surface area contributed by atoms with Crippen molar-refractivity contribution in [2.75, 3.05) is 5.73 Å². The Balaban J connectivity index is 1.81. The summed E-state index contributed by atoms with van der Waals surface area (Å²) in [5.74, 6) is 1.72. The van der Waals surface area contributed by atoms with Gasteiger partial charge in [0, 0.05) is 29.2 Å². The summed E-state index contributed by atoms with van der Waals surface area (Å²) in [5, 5.41) is 9.18. The number of hydrogen-bond acceptors (Lipinski definition) is 6. The molecule has 1 atom stereocenters. The fourth-order valence-corrected chi connectivity index (χ4v) is 5.31. The highest BCUT2D eigenvalue weighted by Gasteiger charge is 2.37. The lowest BCUT2D eigenvalue weighted by Crippen LogP contribution is -2.32. The zero-order chi connectivity index (χ0) is 22.2. The molecule has 164 valence electrons. The van der Waals surface area contributed by atoms with E-state index in [-0.39, 0.29) is 17.4 Å². The van der Waals surface area contributed by atoms with Crippen molar-refractivity contribution in [2.24, 2.45) is 5.73 Å². The minimum absolute atomic E-state index is 0.187. The Morgan fingerprint density at radius 1 is 1.23 bits per heavy atom. The standard InChI is InChI=1S/C25H33N5O/c1-15(5-4-12-26)21-19-13-25(2,3)22-23(29-14-30-24(22)28)18(19)10-11-20(21)31-17-8-6-16(27)7-9-17/h10-11,14-17H,4-9,13,27H2,1-3H3,(H2,28,29,30)/t15?,16-,17-. The number of fused-ring (bicyclic) bond motifs is 3. The molecule has 0 aliphatic heterocycles. The number of anilines is 1. The number of nitrogens with two attached hydrogens (primary N) is 2. The third-order valence-corrected chi connectivity index (χ3v) is 6.94. The smallest absolute Gasteiger partial charge is 0.131 e. The fourth-order valence-electron chi connectivity index (χ4n) is 5.31. The molecule has 31 heavy (non-hydrogen) atoms. The van der Waals surface area contributed by atoms with Crippen molar-refractivity contribution in [1.82, 2.24) is 9.97 Å². The van der Waals surface area contributed by atoms with Crippen LogP contribution in [0.2, 0.25) is 0 Å². The molecule has 6 nitrogen and oxygen atoms in total. The van der Waals surface area contributed by atoms with Crippen LogP contribution in [0, 0.1) is 11.3 Å². The predicted octanol–water partition coefficient (Wildman–Crippen LogP) is 4.62. The summed E-state index contributed by atoms with van der Waals surface area (Å²) in [4.78, 5) is 8.89. The molecule has 0 spiro atoms. The SMILES string of the molecule is CC(CCC#N)c1c(O[C@H]2CC[C@H](N)CC2)ccc2c1CC(C)(C)c1c(N)ncnc1-2. The molecule has 1 saturated carbocycles. The van der Waals surface area contributed by atoms with Gasteiger partial charge in [-0.05, 0) is 67.6 Å². The molecule has 0 amide bonds. The first-order valence-corrected chi connectivity index (χ1v) is 11.4. The zero-order valence-corrected chi connectivity index (χ0v) is 18.8. The lowest BCUT2D eigenvalue weighted by Gasteiger charge is -2.37. The number of hydrogen-bond donors (Lipinski definition) is 2. The van der Waals surface area contributed by atoms with Gasteiger partial charge in [-0.2, -0.15) is 5.26 Å². The first kappa shape index (κ1) is 21.6. The van der Waals surface area contributed by atoms with Gasteiger partial charge in [-0.15, -0.1) is 0 Å². The van der Waals surface area contributed by atoms with Gasteiger partial charge in [-0.1, -0.05) is 20.8 Å². The molecule has 1 unspecified atom stereocenters. The highest BCUT2D eigenvalue weighted by Crippen LogP contribution is 2.49. The normalized spacial score (nSPS) is 22.7. The Hall–Kier alpha value is -2.65. The van der Waals surface area contributed by atoms with Crippen LogP contribution in [0.15, 0.2) is 18.5 Å². The molecule has 4 rings (SSSR count). The first-order chi connectivity index (χ1) is 14.8. The second-order valence-corrected chi connectivity index (χ2v) is 9.80. The van der Waals surface area contributed by atoms with E-state index in [4.69, 9.17) is 16.2 Å². The molecule has 0 radical (unpaired) electrons. The number of benzene rings is 1. The van der Waals surface area contributed by atoms with Crippen molar-refractivity contribution in [3.63, 3.8) is 0 Å². The second-order valence-electron chi connectivity index (χ2n) is 9.80. The van der Waals surface area contributed by atoms with Gasteiger partial charge in [-0.3, -0.25) is 0 Å². The van der Waals surface area contributed by atoms with Crippen molar-refractivity contribution in [3.05, 3.63) is 35.2 Å². The van der Waals surface area contributed by atoms with E-state index in [2.05, 4.69) is 48.9 Å². The molecule has 2 aliphatic rings.